The smallest absolute Gasteiger partial charge is 0.00102 e. The third-order valence-electron chi connectivity index (χ3n) is 3.84. The third kappa shape index (κ3) is 2.46. The highest BCUT2D eigenvalue weighted by Gasteiger charge is 2.40. The van der Waals surface area contributed by atoms with Gasteiger partial charge in [0, 0.05) is 6.54 Å². The molecule has 1 fully saturated rings. The van der Waals surface area contributed by atoms with E-state index in [4.69, 9.17) is 0 Å². The second-order valence-electron chi connectivity index (χ2n) is 4.69. The van der Waals surface area contributed by atoms with Gasteiger partial charge in [0.2, 0.25) is 0 Å². The van der Waals surface area contributed by atoms with Crippen LogP contribution in [0, 0.1) is 11.3 Å². The molecule has 1 heteroatoms. The minimum absolute atomic E-state index is 0.673. The Kier molecular flexibility index (Phi) is 4.24. The molecule has 78 valence electrons. The van der Waals surface area contributed by atoms with Crippen molar-refractivity contribution < 1.29 is 0 Å². The average Bonchev–Trinajstić information content (AvgIpc) is 2.03. The monoisotopic (exact) mass is 183 g/mol. The van der Waals surface area contributed by atoms with Crippen molar-refractivity contribution in [2.45, 2.75) is 52.9 Å². The minimum atomic E-state index is 0.673. The first-order valence-electron chi connectivity index (χ1n) is 5.96. The minimum Gasteiger partial charge on any atom is -0.316 e. The zero-order valence-electron chi connectivity index (χ0n) is 9.53. The molecule has 1 nitrogen and oxygen atoms in total. The van der Waals surface area contributed by atoms with Gasteiger partial charge in [0.05, 0.1) is 0 Å². The Morgan fingerprint density at radius 3 is 2.38 bits per heavy atom. The van der Waals surface area contributed by atoms with Gasteiger partial charge in [0.25, 0.3) is 0 Å². The van der Waals surface area contributed by atoms with E-state index in [1.165, 1.54) is 38.6 Å². The van der Waals surface area contributed by atoms with Gasteiger partial charge < -0.3 is 5.32 Å². The van der Waals surface area contributed by atoms with E-state index >= 15 is 0 Å². The molecule has 0 saturated heterocycles. The SMILES string of the molecule is CCCC(C)C1(CNCC)CCC1. The van der Waals surface area contributed by atoms with Crippen LogP contribution in [0.1, 0.15) is 52.9 Å². The van der Waals surface area contributed by atoms with E-state index in [9.17, 15) is 0 Å². The molecule has 1 aliphatic rings. The molecule has 1 saturated carbocycles. The maximum absolute atomic E-state index is 3.53. The van der Waals surface area contributed by atoms with Crippen LogP contribution in [0.2, 0.25) is 0 Å². The molecule has 0 spiro atoms. The lowest BCUT2D eigenvalue weighted by Gasteiger charge is -2.47. The van der Waals surface area contributed by atoms with Gasteiger partial charge >= 0.3 is 0 Å². The molecule has 0 aromatic rings. The van der Waals surface area contributed by atoms with Gasteiger partial charge in [-0.15, -0.1) is 0 Å². The van der Waals surface area contributed by atoms with E-state index < -0.39 is 0 Å². The largest absolute Gasteiger partial charge is 0.316 e. The van der Waals surface area contributed by atoms with Crippen LogP contribution in [0.5, 0.6) is 0 Å². The molecular formula is C12H25N. The van der Waals surface area contributed by atoms with Crippen molar-refractivity contribution in [3.8, 4) is 0 Å². The molecule has 1 aliphatic carbocycles. The molecule has 0 amide bonds. The van der Waals surface area contributed by atoms with Crippen LogP contribution < -0.4 is 5.32 Å². The number of hydrogen-bond acceptors (Lipinski definition) is 1. The second-order valence-corrected chi connectivity index (χ2v) is 4.69. The van der Waals surface area contributed by atoms with Crippen LogP contribution >= 0.6 is 0 Å². The Morgan fingerprint density at radius 1 is 1.31 bits per heavy atom. The predicted molar refractivity (Wildman–Crippen MR) is 58.9 cm³/mol. The van der Waals surface area contributed by atoms with Crippen molar-refractivity contribution >= 4 is 0 Å². The first-order valence-corrected chi connectivity index (χ1v) is 5.96. The second kappa shape index (κ2) is 4.99. The van der Waals surface area contributed by atoms with E-state index in [0.29, 0.717) is 5.41 Å². The van der Waals surface area contributed by atoms with Crippen molar-refractivity contribution in [3.05, 3.63) is 0 Å². The van der Waals surface area contributed by atoms with Crippen LogP contribution in [-0.2, 0) is 0 Å². The fraction of sp³-hybridized carbons (Fsp3) is 1.00. The summed E-state index contributed by atoms with van der Waals surface area (Å²) in [5.41, 5.74) is 0.673. The van der Waals surface area contributed by atoms with E-state index in [-0.39, 0.29) is 0 Å². The molecule has 0 aliphatic heterocycles. The summed E-state index contributed by atoms with van der Waals surface area (Å²) >= 11 is 0. The van der Waals surface area contributed by atoms with Crippen molar-refractivity contribution in [1.29, 1.82) is 0 Å². The van der Waals surface area contributed by atoms with Gasteiger partial charge in [0.15, 0.2) is 0 Å². The molecule has 0 bridgehead atoms. The van der Waals surface area contributed by atoms with Crippen molar-refractivity contribution in [2.24, 2.45) is 11.3 Å². The summed E-state index contributed by atoms with van der Waals surface area (Å²) in [6.45, 7) is 9.33. The number of rotatable bonds is 6. The fourth-order valence-corrected chi connectivity index (χ4v) is 2.59. The lowest BCUT2D eigenvalue weighted by Crippen LogP contribution is -2.44. The zero-order chi connectivity index (χ0) is 9.73. The summed E-state index contributed by atoms with van der Waals surface area (Å²) in [4.78, 5) is 0. The highest BCUT2D eigenvalue weighted by atomic mass is 14.9. The van der Waals surface area contributed by atoms with E-state index in [1.54, 1.807) is 0 Å². The fourth-order valence-electron chi connectivity index (χ4n) is 2.59. The van der Waals surface area contributed by atoms with Crippen molar-refractivity contribution in [3.63, 3.8) is 0 Å². The summed E-state index contributed by atoms with van der Waals surface area (Å²) in [6, 6.07) is 0. The predicted octanol–water partition coefficient (Wildman–Crippen LogP) is 3.20. The maximum Gasteiger partial charge on any atom is 0.00102 e. The van der Waals surface area contributed by atoms with Crippen LogP contribution in [0.4, 0.5) is 0 Å². The summed E-state index contributed by atoms with van der Waals surface area (Å²) in [6.07, 6.45) is 7.13. The maximum atomic E-state index is 3.53. The molecule has 13 heavy (non-hydrogen) atoms. The lowest BCUT2D eigenvalue weighted by atomic mass is 9.60. The van der Waals surface area contributed by atoms with Crippen LogP contribution in [0.25, 0.3) is 0 Å². The van der Waals surface area contributed by atoms with Crippen molar-refractivity contribution in [1.82, 2.24) is 5.32 Å². The Labute approximate surface area is 83.3 Å². The Bertz CT molecular complexity index is 138. The van der Waals surface area contributed by atoms with Gasteiger partial charge in [0.1, 0.15) is 0 Å². The molecule has 1 rings (SSSR count). The van der Waals surface area contributed by atoms with Gasteiger partial charge in [-0.3, -0.25) is 0 Å². The molecule has 0 heterocycles. The average molecular weight is 183 g/mol. The van der Waals surface area contributed by atoms with E-state index in [2.05, 4.69) is 26.1 Å². The Balaban J connectivity index is 2.38. The lowest BCUT2D eigenvalue weighted by molar-refractivity contribution is 0.0534. The Morgan fingerprint density at radius 2 is 2.00 bits per heavy atom. The van der Waals surface area contributed by atoms with Crippen LogP contribution in [-0.4, -0.2) is 13.1 Å². The standard InChI is InChI=1S/C12H25N/c1-4-7-11(3)12(8-6-9-12)10-13-5-2/h11,13H,4-10H2,1-3H3. The summed E-state index contributed by atoms with van der Waals surface area (Å²) in [7, 11) is 0. The van der Waals surface area contributed by atoms with Gasteiger partial charge in [-0.25, -0.2) is 0 Å². The zero-order valence-corrected chi connectivity index (χ0v) is 9.53. The van der Waals surface area contributed by atoms with E-state index in [0.717, 1.165) is 12.5 Å². The van der Waals surface area contributed by atoms with Crippen molar-refractivity contribution in [2.75, 3.05) is 13.1 Å². The molecule has 0 aromatic carbocycles. The van der Waals surface area contributed by atoms with Gasteiger partial charge in [-0.05, 0) is 30.7 Å². The molecule has 0 aromatic heterocycles. The highest BCUT2D eigenvalue weighted by molar-refractivity contribution is 4.93. The summed E-state index contributed by atoms with van der Waals surface area (Å²) in [5, 5.41) is 3.53. The number of nitrogens with one attached hydrogen (secondary N) is 1. The third-order valence-corrected chi connectivity index (χ3v) is 3.84. The summed E-state index contributed by atoms with van der Waals surface area (Å²) < 4.78 is 0. The quantitative estimate of drug-likeness (QED) is 0.667. The van der Waals surface area contributed by atoms with Gasteiger partial charge in [-0.2, -0.15) is 0 Å². The van der Waals surface area contributed by atoms with Crippen LogP contribution in [0.15, 0.2) is 0 Å². The Hall–Kier alpha value is -0.0400. The topological polar surface area (TPSA) is 12.0 Å². The normalized spacial score (nSPS) is 22.4. The molecule has 0 radical (unpaired) electrons. The molecule has 1 atom stereocenters. The first-order chi connectivity index (χ1) is 6.25. The molecule has 1 N–H and O–H groups in total. The molecule has 1 unspecified atom stereocenters. The summed E-state index contributed by atoms with van der Waals surface area (Å²) in [5.74, 6) is 0.922. The molecular weight excluding hydrogens is 158 g/mol. The van der Waals surface area contributed by atoms with Gasteiger partial charge in [-0.1, -0.05) is 40.0 Å². The van der Waals surface area contributed by atoms with Crippen LogP contribution in [0.3, 0.4) is 0 Å². The van der Waals surface area contributed by atoms with E-state index in [1.807, 2.05) is 0 Å². The first kappa shape index (κ1) is 11.0. The number of hydrogen-bond donors (Lipinski definition) is 1. The highest BCUT2D eigenvalue weighted by Crippen LogP contribution is 2.48.